The van der Waals surface area contributed by atoms with E-state index >= 15 is 0 Å². The van der Waals surface area contributed by atoms with Crippen molar-refractivity contribution in [1.82, 2.24) is 5.32 Å². The maximum Gasteiger partial charge on any atom is 0.407 e. The second-order valence-electron chi connectivity index (χ2n) is 7.20. The number of benzene rings is 1. The van der Waals surface area contributed by atoms with Crippen LogP contribution in [0.15, 0.2) is 30.3 Å². The van der Waals surface area contributed by atoms with Crippen molar-refractivity contribution in [3.05, 3.63) is 35.9 Å². The van der Waals surface area contributed by atoms with E-state index in [-0.39, 0.29) is 30.3 Å². The van der Waals surface area contributed by atoms with Crippen LogP contribution in [-0.4, -0.2) is 34.9 Å². The van der Waals surface area contributed by atoms with Crippen LogP contribution in [0.2, 0.25) is 0 Å². The SMILES string of the molecule is CC(C)(CO)CSCCC(C)(C)NC(=O)OCc1ccccc1. The number of nitrogens with one attached hydrogen (secondary N) is 1. The van der Waals surface area contributed by atoms with Gasteiger partial charge in [-0.15, -0.1) is 0 Å². The van der Waals surface area contributed by atoms with Gasteiger partial charge in [0.1, 0.15) is 6.61 Å². The van der Waals surface area contributed by atoms with E-state index in [1.54, 1.807) is 11.8 Å². The number of aliphatic hydroxyl groups excluding tert-OH is 1. The summed E-state index contributed by atoms with van der Waals surface area (Å²) in [7, 11) is 0. The highest BCUT2D eigenvalue weighted by molar-refractivity contribution is 7.99. The number of aliphatic hydroxyl groups is 1. The molecule has 0 atom stereocenters. The molecule has 0 unspecified atom stereocenters. The molecule has 1 aromatic rings. The minimum Gasteiger partial charge on any atom is -0.445 e. The second kappa shape index (κ2) is 9.18. The standard InChI is InChI=1S/C18H29NO3S/c1-17(2,13-20)14-23-11-10-18(3,4)19-16(21)22-12-15-8-6-5-7-9-15/h5-9,20H,10-14H2,1-4H3,(H,19,21). The van der Waals surface area contributed by atoms with Gasteiger partial charge in [0.15, 0.2) is 0 Å². The Bertz CT molecular complexity index is 474. The van der Waals surface area contributed by atoms with Gasteiger partial charge in [0, 0.05) is 17.9 Å². The molecule has 4 nitrogen and oxygen atoms in total. The van der Waals surface area contributed by atoms with E-state index in [0.717, 1.165) is 23.5 Å². The van der Waals surface area contributed by atoms with Gasteiger partial charge >= 0.3 is 6.09 Å². The Labute approximate surface area is 144 Å². The van der Waals surface area contributed by atoms with Crippen molar-refractivity contribution >= 4 is 17.9 Å². The first kappa shape index (κ1) is 19.8. The molecule has 0 radical (unpaired) electrons. The molecule has 0 heterocycles. The number of amides is 1. The van der Waals surface area contributed by atoms with Gasteiger partial charge in [-0.3, -0.25) is 0 Å². The van der Waals surface area contributed by atoms with Gasteiger partial charge in [-0.05, 0) is 37.0 Å². The highest BCUT2D eigenvalue weighted by atomic mass is 32.2. The van der Waals surface area contributed by atoms with Gasteiger partial charge in [-0.1, -0.05) is 44.2 Å². The molecular weight excluding hydrogens is 310 g/mol. The van der Waals surface area contributed by atoms with Crippen molar-refractivity contribution in [1.29, 1.82) is 0 Å². The van der Waals surface area contributed by atoms with Crippen LogP contribution in [0.3, 0.4) is 0 Å². The fourth-order valence-corrected chi connectivity index (χ4v) is 3.26. The average molecular weight is 340 g/mol. The molecule has 0 aliphatic rings. The highest BCUT2D eigenvalue weighted by Crippen LogP contribution is 2.23. The summed E-state index contributed by atoms with van der Waals surface area (Å²) in [6.07, 6.45) is 0.458. The van der Waals surface area contributed by atoms with Crippen LogP contribution < -0.4 is 5.32 Å². The van der Waals surface area contributed by atoms with Crippen LogP contribution in [0.4, 0.5) is 4.79 Å². The zero-order valence-electron chi connectivity index (χ0n) is 14.6. The average Bonchev–Trinajstić information content (AvgIpc) is 2.50. The van der Waals surface area contributed by atoms with Crippen LogP contribution in [0.1, 0.15) is 39.7 Å². The molecule has 1 amide bonds. The van der Waals surface area contributed by atoms with Crippen LogP contribution in [-0.2, 0) is 11.3 Å². The maximum absolute atomic E-state index is 11.9. The molecule has 0 saturated carbocycles. The first-order chi connectivity index (χ1) is 10.7. The number of ether oxygens (including phenoxy) is 1. The van der Waals surface area contributed by atoms with Gasteiger partial charge in [-0.2, -0.15) is 11.8 Å². The van der Waals surface area contributed by atoms with Crippen LogP contribution >= 0.6 is 11.8 Å². The van der Waals surface area contributed by atoms with E-state index in [0.29, 0.717) is 0 Å². The Morgan fingerprint density at radius 1 is 1.22 bits per heavy atom. The molecular formula is C18H29NO3S. The van der Waals surface area contributed by atoms with Crippen LogP contribution in [0, 0.1) is 5.41 Å². The predicted octanol–water partition coefficient (Wildman–Crippen LogP) is 3.83. The number of carbonyl (C=O) groups excluding carboxylic acids is 1. The van der Waals surface area contributed by atoms with Crippen molar-refractivity contribution < 1.29 is 14.6 Å². The van der Waals surface area contributed by atoms with Gasteiger partial charge < -0.3 is 15.2 Å². The third kappa shape index (κ3) is 8.86. The van der Waals surface area contributed by atoms with Crippen molar-refractivity contribution in [3.8, 4) is 0 Å². The molecule has 5 heteroatoms. The second-order valence-corrected chi connectivity index (χ2v) is 8.30. The quantitative estimate of drug-likeness (QED) is 0.671. The van der Waals surface area contributed by atoms with E-state index in [2.05, 4.69) is 5.32 Å². The lowest BCUT2D eigenvalue weighted by Crippen LogP contribution is -2.44. The molecule has 0 saturated heterocycles. The Morgan fingerprint density at radius 3 is 2.48 bits per heavy atom. The lowest BCUT2D eigenvalue weighted by atomic mass is 9.98. The summed E-state index contributed by atoms with van der Waals surface area (Å²) >= 11 is 1.80. The number of hydrogen-bond donors (Lipinski definition) is 2. The molecule has 0 fully saturated rings. The van der Waals surface area contributed by atoms with E-state index < -0.39 is 0 Å². The molecule has 0 spiro atoms. The Balaban J connectivity index is 2.26. The van der Waals surface area contributed by atoms with Crippen molar-refractivity contribution in [2.45, 2.75) is 46.3 Å². The lowest BCUT2D eigenvalue weighted by molar-refractivity contribution is 0.129. The molecule has 23 heavy (non-hydrogen) atoms. The molecule has 1 rings (SSSR count). The maximum atomic E-state index is 11.9. The summed E-state index contributed by atoms with van der Waals surface area (Å²) in [5, 5.41) is 12.2. The Morgan fingerprint density at radius 2 is 1.87 bits per heavy atom. The van der Waals surface area contributed by atoms with Crippen molar-refractivity contribution in [2.24, 2.45) is 5.41 Å². The zero-order chi connectivity index (χ0) is 17.3. The minimum absolute atomic E-state index is 0.0587. The summed E-state index contributed by atoms with van der Waals surface area (Å²) < 4.78 is 5.25. The fourth-order valence-electron chi connectivity index (χ4n) is 1.82. The highest BCUT2D eigenvalue weighted by Gasteiger charge is 2.22. The third-order valence-corrected chi connectivity index (χ3v) is 4.92. The molecule has 1 aromatic carbocycles. The summed E-state index contributed by atoms with van der Waals surface area (Å²) in [6, 6.07) is 9.63. The lowest BCUT2D eigenvalue weighted by Gasteiger charge is -2.27. The molecule has 0 aliphatic heterocycles. The summed E-state index contributed by atoms with van der Waals surface area (Å²) in [6.45, 7) is 8.55. The Hall–Kier alpha value is -1.20. The van der Waals surface area contributed by atoms with Gasteiger partial charge in [0.05, 0.1) is 0 Å². The van der Waals surface area contributed by atoms with Crippen molar-refractivity contribution in [3.63, 3.8) is 0 Å². The molecule has 0 bridgehead atoms. The van der Waals surface area contributed by atoms with E-state index in [1.807, 2.05) is 58.0 Å². The molecule has 0 aromatic heterocycles. The normalized spacial score (nSPS) is 12.0. The number of carbonyl (C=O) groups is 1. The van der Waals surface area contributed by atoms with Crippen LogP contribution in [0.5, 0.6) is 0 Å². The number of hydrogen-bond acceptors (Lipinski definition) is 4. The largest absolute Gasteiger partial charge is 0.445 e. The first-order valence-corrected chi connectivity index (χ1v) is 9.07. The number of thioether (sulfide) groups is 1. The number of rotatable bonds is 9. The summed E-state index contributed by atoms with van der Waals surface area (Å²) in [5.74, 6) is 1.83. The smallest absolute Gasteiger partial charge is 0.407 e. The Kier molecular flexibility index (Phi) is 7.92. The monoisotopic (exact) mass is 339 g/mol. The fraction of sp³-hybridized carbons (Fsp3) is 0.611. The van der Waals surface area contributed by atoms with Gasteiger partial charge in [-0.25, -0.2) is 4.79 Å². The van der Waals surface area contributed by atoms with E-state index in [9.17, 15) is 9.90 Å². The van der Waals surface area contributed by atoms with Crippen molar-refractivity contribution in [2.75, 3.05) is 18.1 Å². The van der Waals surface area contributed by atoms with E-state index in [4.69, 9.17) is 4.74 Å². The zero-order valence-corrected chi connectivity index (χ0v) is 15.4. The minimum atomic E-state index is -0.389. The predicted molar refractivity (Wildman–Crippen MR) is 96.7 cm³/mol. The van der Waals surface area contributed by atoms with Crippen LogP contribution in [0.25, 0.3) is 0 Å². The van der Waals surface area contributed by atoms with Gasteiger partial charge in [0.25, 0.3) is 0 Å². The summed E-state index contributed by atoms with van der Waals surface area (Å²) in [5.41, 5.74) is 0.600. The molecule has 130 valence electrons. The third-order valence-electron chi connectivity index (χ3n) is 3.45. The molecule has 2 N–H and O–H groups in total. The summed E-state index contributed by atoms with van der Waals surface area (Å²) in [4.78, 5) is 11.9. The number of alkyl carbamates (subject to hydrolysis) is 1. The first-order valence-electron chi connectivity index (χ1n) is 7.92. The molecule has 0 aliphatic carbocycles. The topological polar surface area (TPSA) is 58.6 Å². The van der Waals surface area contributed by atoms with Gasteiger partial charge in [0.2, 0.25) is 0 Å². The van der Waals surface area contributed by atoms with E-state index in [1.165, 1.54) is 0 Å².